The Hall–Kier alpha value is -0.980. The van der Waals surface area contributed by atoms with Crippen molar-refractivity contribution in [1.29, 1.82) is 0 Å². The molecule has 0 aromatic heterocycles. The molecule has 1 spiro atoms. The first kappa shape index (κ1) is 8.61. The summed E-state index contributed by atoms with van der Waals surface area (Å²) in [7, 11) is 2.15. The molecule has 2 rings (SSSR count). The molecule has 1 aliphatic heterocycles. The lowest BCUT2D eigenvalue weighted by atomic mass is 9.90. The first-order chi connectivity index (χ1) is 6.21. The van der Waals surface area contributed by atoms with Crippen LogP contribution in [0.1, 0.15) is 19.3 Å². The molecular weight excluding hydrogens is 158 g/mol. The highest BCUT2D eigenvalue weighted by molar-refractivity contribution is 5.35. The molecule has 13 heavy (non-hydrogen) atoms. The summed E-state index contributed by atoms with van der Waals surface area (Å²) in [6.45, 7) is 8.93. The van der Waals surface area contributed by atoms with Gasteiger partial charge in [0.05, 0.1) is 0 Å². The summed E-state index contributed by atoms with van der Waals surface area (Å²) >= 11 is 0. The zero-order valence-electron chi connectivity index (χ0n) is 8.34. The summed E-state index contributed by atoms with van der Waals surface area (Å²) in [6.07, 6.45) is 7.93. The number of nitrogens with zero attached hydrogens (tertiary/aromatic N) is 1. The van der Waals surface area contributed by atoms with E-state index in [2.05, 4.69) is 25.1 Å². The van der Waals surface area contributed by atoms with Crippen molar-refractivity contribution in [3.05, 3.63) is 36.6 Å². The maximum absolute atomic E-state index is 3.88. The van der Waals surface area contributed by atoms with E-state index in [1.165, 1.54) is 37.1 Å². The van der Waals surface area contributed by atoms with Crippen LogP contribution < -0.4 is 0 Å². The van der Waals surface area contributed by atoms with Crippen LogP contribution in [0.25, 0.3) is 0 Å². The lowest BCUT2D eigenvalue weighted by molar-refractivity contribution is 0.293. The van der Waals surface area contributed by atoms with Crippen molar-refractivity contribution >= 4 is 0 Å². The van der Waals surface area contributed by atoms with E-state index in [1.807, 2.05) is 12.2 Å². The van der Waals surface area contributed by atoms with E-state index in [1.54, 1.807) is 0 Å². The van der Waals surface area contributed by atoms with Gasteiger partial charge in [-0.15, -0.1) is 0 Å². The summed E-state index contributed by atoms with van der Waals surface area (Å²) in [5.74, 6) is 0. The van der Waals surface area contributed by atoms with E-state index in [0.29, 0.717) is 5.41 Å². The lowest BCUT2D eigenvalue weighted by Crippen LogP contribution is -2.31. The molecule has 1 saturated carbocycles. The monoisotopic (exact) mass is 175 g/mol. The van der Waals surface area contributed by atoms with Gasteiger partial charge in [0.1, 0.15) is 0 Å². The summed E-state index contributed by atoms with van der Waals surface area (Å²) in [4.78, 5) is 2.32. The van der Waals surface area contributed by atoms with Crippen LogP contribution in [0.5, 0.6) is 0 Å². The zero-order chi connectivity index (χ0) is 9.47. The van der Waals surface area contributed by atoms with Crippen LogP contribution in [-0.4, -0.2) is 18.5 Å². The first-order valence-corrected chi connectivity index (χ1v) is 4.90. The van der Waals surface area contributed by atoms with Gasteiger partial charge < -0.3 is 4.90 Å². The molecule has 70 valence electrons. The van der Waals surface area contributed by atoms with Gasteiger partial charge in [-0.3, -0.25) is 0 Å². The number of hydrogen-bond acceptors (Lipinski definition) is 1. The maximum Gasteiger partial charge on any atom is 0.0390 e. The Morgan fingerprint density at radius 3 is 2.46 bits per heavy atom. The second-order valence-electron chi connectivity index (χ2n) is 4.35. The molecule has 0 N–H and O–H groups in total. The van der Waals surface area contributed by atoms with Gasteiger partial charge in [0, 0.05) is 19.3 Å². The van der Waals surface area contributed by atoms with Gasteiger partial charge in [0.2, 0.25) is 0 Å². The molecule has 0 unspecified atom stereocenters. The molecule has 2 aliphatic rings. The lowest BCUT2D eigenvalue weighted by Gasteiger charge is -2.33. The Bertz CT molecular complexity index is 281. The predicted molar refractivity (Wildman–Crippen MR) is 56.3 cm³/mol. The maximum atomic E-state index is 3.88. The van der Waals surface area contributed by atoms with E-state index in [-0.39, 0.29) is 0 Å². The van der Waals surface area contributed by atoms with Crippen LogP contribution >= 0.6 is 0 Å². The topological polar surface area (TPSA) is 3.24 Å². The molecule has 0 atom stereocenters. The minimum absolute atomic E-state index is 0.602. The fourth-order valence-electron chi connectivity index (χ4n) is 2.36. The Morgan fingerprint density at radius 2 is 2.00 bits per heavy atom. The number of likely N-dealkylation sites (N-methyl/N-ethyl adjacent to an activating group) is 1. The average molecular weight is 175 g/mol. The molecule has 0 saturated heterocycles. The second-order valence-corrected chi connectivity index (χ2v) is 4.35. The molecule has 1 aliphatic carbocycles. The highest BCUT2D eigenvalue weighted by Gasteiger charge is 2.46. The van der Waals surface area contributed by atoms with Crippen LogP contribution in [0.3, 0.4) is 0 Å². The molecule has 1 heterocycles. The predicted octanol–water partition coefficient (Wildman–Crippen LogP) is 2.73. The summed E-state index contributed by atoms with van der Waals surface area (Å²) in [5, 5.41) is 0. The summed E-state index contributed by atoms with van der Waals surface area (Å²) < 4.78 is 0. The Labute approximate surface area is 80.4 Å². The Balaban J connectivity index is 2.32. The fourth-order valence-corrected chi connectivity index (χ4v) is 2.36. The van der Waals surface area contributed by atoms with Crippen molar-refractivity contribution in [3.63, 3.8) is 0 Å². The Kier molecular flexibility index (Phi) is 1.83. The SMILES string of the molecule is C=CC1=C(C=C)N(C)CC2(CC2)C1. The van der Waals surface area contributed by atoms with Crippen LogP contribution in [0.2, 0.25) is 0 Å². The number of allylic oxidation sites excluding steroid dienone is 3. The van der Waals surface area contributed by atoms with E-state index >= 15 is 0 Å². The van der Waals surface area contributed by atoms with Gasteiger partial charge in [-0.05, 0) is 36.3 Å². The van der Waals surface area contributed by atoms with Gasteiger partial charge in [0.25, 0.3) is 0 Å². The number of rotatable bonds is 2. The third-order valence-corrected chi connectivity index (χ3v) is 3.28. The average Bonchev–Trinajstić information content (AvgIpc) is 2.84. The van der Waals surface area contributed by atoms with Crippen molar-refractivity contribution in [1.82, 2.24) is 4.90 Å². The normalized spacial score (nSPS) is 24.8. The minimum Gasteiger partial charge on any atom is -0.374 e. The molecule has 1 nitrogen and oxygen atoms in total. The van der Waals surface area contributed by atoms with E-state index in [9.17, 15) is 0 Å². The summed E-state index contributed by atoms with van der Waals surface area (Å²) in [6, 6.07) is 0. The van der Waals surface area contributed by atoms with Gasteiger partial charge >= 0.3 is 0 Å². The third-order valence-electron chi connectivity index (χ3n) is 3.28. The van der Waals surface area contributed by atoms with Crippen molar-refractivity contribution in [2.75, 3.05) is 13.6 Å². The molecule has 1 heteroatoms. The van der Waals surface area contributed by atoms with Crippen molar-refractivity contribution in [3.8, 4) is 0 Å². The van der Waals surface area contributed by atoms with Crippen LogP contribution in [-0.2, 0) is 0 Å². The fraction of sp³-hybridized carbons (Fsp3) is 0.500. The third kappa shape index (κ3) is 1.32. The quantitative estimate of drug-likeness (QED) is 0.623. The number of hydrogen-bond donors (Lipinski definition) is 0. The Morgan fingerprint density at radius 1 is 1.31 bits per heavy atom. The van der Waals surface area contributed by atoms with Gasteiger partial charge in [-0.25, -0.2) is 0 Å². The standard InChI is InChI=1S/C12H17N/c1-4-10-8-12(6-7-12)9-13(3)11(10)5-2/h4-5H,1-2,6-9H2,3H3. The molecule has 0 bridgehead atoms. The zero-order valence-corrected chi connectivity index (χ0v) is 8.34. The van der Waals surface area contributed by atoms with Gasteiger partial charge in [-0.2, -0.15) is 0 Å². The minimum atomic E-state index is 0.602. The van der Waals surface area contributed by atoms with Crippen LogP contribution in [0, 0.1) is 5.41 Å². The van der Waals surface area contributed by atoms with Crippen molar-refractivity contribution in [2.24, 2.45) is 5.41 Å². The molecule has 0 aromatic carbocycles. The molecule has 0 amide bonds. The van der Waals surface area contributed by atoms with Crippen molar-refractivity contribution in [2.45, 2.75) is 19.3 Å². The molecule has 0 radical (unpaired) electrons. The summed E-state index contributed by atoms with van der Waals surface area (Å²) in [5.41, 5.74) is 3.25. The van der Waals surface area contributed by atoms with Crippen LogP contribution in [0.4, 0.5) is 0 Å². The highest BCUT2D eigenvalue weighted by atomic mass is 15.1. The van der Waals surface area contributed by atoms with E-state index < -0.39 is 0 Å². The van der Waals surface area contributed by atoms with E-state index in [0.717, 1.165) is 0 Å². The smallest absolute Gasteiger partial charge is 0.0390 e. The van der Waals surface area contributed by atoms with Crippen molar-refractivity contribution < 1.29 is 0 Å². The molecule has 1 fully saturated rings. The van der Waals surface area contributed by atoms with Gasteiger partial charge in [0.15, 0.2) is 0 Å². The van der Waals surface area contributed by atoms with E-state index in [4.69, 9.17) is 0 Å². The molecule has 0 aromatic rings. The van der Waals surface area contributed by atoms with Gasteiger partial charge in [-0.1, -0.05) is 19.2 Å². The first-order valence-electron chi connectivity index (χ1n) is 4.90. The van der Waals surface area contributed by atoms with Crippen LogP contribution in [0.15, 0.2) is 36.6 Å². The second kappa shape index (κ2) is 2.76. The molecular formula is C12H17N. The largest absolute Gasteiger partial charge is 0.374 e. The highest BCUT2D eigenvalue weighted by Crippen LogP contribution is 2.54.